The van der Waals surface area contributed by atoms with E-state index >= 15 is 0 Å². The van der Waals surface area contributed by atoms with Gasteiger partial charge in [0, 0.05) is 37.0 Å². The third-order valence-electron chi connectivity index (χ3n) is 5.64. The summed E-state index contributed by atoms with van der Waals surface area (Å²) in [4.78, 5) is 21.6. The van der Waals surface area contributed by atoms with Crippen LogP contribution in [0, 0.1) is 5.92 Å². The molecule has 10 heteroatoms. The zero-order chi connectivity index (χ0) is 24.6. The number of nitrogens with zero attached hydrogens (tertiary/aromatic N) is 4. The summed E-state index contributed by atoms with van der Waals surface area (Å²) in [7, 11) is 4.61. The number of carbonyl (C=O) groups excluding carboxylic acids is 1. The van der Waals surface area contributed by atoms with E-state index in [4.69, 9.17) is 9.47 Å². The summed E-state index contributed by atoms with van der Waals surface area (Å²) in [5, 5.41) is 0. The number of imidazole rings is 2. The van der Waals surface area contributed by atoms with Crippen molar-refractivity contribution in [1.29, 1.82) is 0 Å². The molecular formula is C24H23F3N4O3. The quantitative estimate of drug-likeness (QED) is 0.346. The number of benzene rings is 1. The number of fused-ring (bicyclic) bond motifs is 1. The van der Waals surface area contributed by atoms with Gasteiger partial charge >= 0.3 is 6.18 Å². The molecule has 0 unspecified atom stereocenters. The highest BCUT2D eigenvalue weighted by atomic mass is 19.4. The average Bonchev–Trinajstić information content (AvgIpc) is 3.43. The van der Waals surface area contributed by atoms with E-state index in [1.807, 2.05) is 40.5 Å². The number of pyridine rings is 1. The highest BCUT2D eigenvalue weighted by Crippen LogP contribution is 2.38. The molecule has 1 atom stereocenters. The monoisotopic (exact) mass is 472 g/mol. The SMILES string of the molecule is COc1cc(-c2cnc3cc(-c4cn(C)cn4)ccn23)cc(OC)c1C(=O)C[C@H](C)C(F)(F)F. The molecule has 0 aliphatic rings. The minimum absolute atomic E-state index is 0.0175. The molecule has 7 nitrogen and oxygen atoms in total. The van der Waals surface area contributed by atoms with Crippen LogP contribution in [-0.2, 0) is 7.05 Å². The number of hydrogen-bond acceptors (Lipinski definition) is 5. The van der Waals surface area contributed by atoms with Crippen LogP contribution in [0.5, 0.6) is 11.5 Å². The van der Waals surface area contributed by atoms with E-state index in [1.54, 1.807) is 24.7 Å². The summed E-state index contributed by atoms with van der Waals surface area (Å²) in [6.45, 7) is 0.975. The van der Waals surface area contributed by atoms with E-state index < -0.39 is 24.3 Å². The molecule has 0 saturated heterocycles. The van der Waals surface area contributed by atoms with Crippen LogP contribution in [0.3, 0.4) is 0 Å². The summed E-state index contributed by atoms with van der Waals surface area (Å²) in [5.74, 6) is -2.23. The third-order valence-corrected chi connectivity index (χ3v) is 5.64. The molecule has 4 rings (SSSR count). The van der Waals surface area contributed by atoms with Crippen molar-refractivity contribution in [2.45, 2.75) is 19.5 Å². The summed E-state index contributed by atoms with van der Waals surface area (Å²) in [6, 6.07) is 7.01. The van der Waals surface area contributed by atoms with Crippen molar-refractivity contribution >= 4 is 11.4 Å². The van der Waals surface area contributed by atoms with Gasteiger partial charge in [-0.2, -0.15) is 13.2 Å². The Bertz CT molecular complexity index is 1330. The molecule has 4 aromatic rings. The summed E-state index contributed by atoms with van der Waals surface area (Å²) in [6.07, 6.45) is 1.96. The molecule has 0 spiro atoms. The van der Waals surface area contributed by atoms with Gasteiger partial charge in [0.1, 0.15) is 22.7 Å². The number of methoxy groups -OCH3 is 2. The Labute approximate surface area is 193 Å². The Morgan fingerprint density at radius 2 is 1.76 bits per heavy atom. The molecule has 0 fully saturated rings. The van der Waals surface area contributed by atoms with Crippen LogP contribution < -0.4 is 9.47 Å². The lowest BCUT2D eigenvalue weighted by Gasteiger charge is -2.18. The highest BCUT2D eigenvalue weighted by Gasteiger charge is 2.38. The third kappa shape index (κ3) is 4.35. The van der Waals surface area contributed by atoms with Crippen LogP contribution in [0.25, 0.3) is 28.2 Å². The van der Waals surface area contributed by atoms with Gasteiger partial charge in [0.05, 0.1) is 44.0 Å². The van der Waals surface area contributed by atoms with Crippen molar-refractivity contribution in [3.63, 3.8) is 0 Å². The van der Waals surface area contributed by atoms with Gasteiger partial charge in [0.2, 0.25) is 0 Å². The number of aryl methyl sites for hydroxylation is 1. The predicted octanol–water partition coefficient (Wildman–Crippen LogP) is 5.19. The Balaban J connectivity index is 1.74. The first-order valence-corrected chi connectivity index (χ1v) is 10.4. The van der Waals surface area contributed by atoms with Gasteiger partial charge < -0.3 is 14.0 Å². The molecule has 178 valence electrons. The molecular weight excluding hydrogens is 449 g/mol. The molecule has 3 aromatic heterocycles. The Kier molecular flexibility index (Phi) is 6.07. The van der Waals surface area contributed by atoms with E-state index in [0.717, 1.165) is 18.2 Å². The minimum Gasteiger partial charge on any atom is -0.496 e. The maximum absolute atomic E-state index is 13.0. The predicted molar refractivity (Wildman–Crippen MR) is 120 cm³/mol. The van der Waals surface area contributed by atoms with Crippen LogP contribution in [0.1, 0.15) is 23.7 Å². The van der Waals surface area contributed by atoms with Crippen molar-refractivity contribution < 1.29 is 27.4 Å². The Morgan fingerprint density at radius 3 is 2.32 bits per heavy atom. The fraction of sp³-hybridized carbons (Fsp3) is 0.292. The smallest absolute Gasteiger partial charge is 0.391 e. The number of ketones is 1. The van der Waals surface area contributed by atoms with E-state index in [1.165, 1.54) is 14.2 Å². The van der Waals surface area contributed by atoms with Gasteiger partial charge in [-0.05, 0) is 24.3 Å². The van der Waals surface area contributed by atoms with Crippen LogP contribution >= 0.6 is 0 Å². The van der Waals surface area contributed by atoms with Crippen LogP contribution in [-0.4, -0.2) is 45.1 Å². The van der Waals surface area contributed by atoms with Gasteiger partial charge in [-0.25, -0.2) is 9.97 Å². The lowest BCUT2D eigenvalue weighted by atomic mass is 9.96. The Hall–Kier alpha value is -3.82. The first kappa shape index (κ1) is 23.3. The number of aromatic nitrogens is 4. The largest absolute Gasteiger partial charge is 0.496 e. The summed E-state index contributed by atoms with van der Waals surface area (Å²) < 4.78 is 53.5. The van der Waals surface area contributed by atoms with Crippen LogP contribution in [0.2, 0.25) is 0 Å². The van der Waals surface area contributed by atoms with Crippen LogP contribution in [0.4, 0.5) is 13.2 Å². The molecule has 0 bridgehead atoms. The normalized spacial score (nSPS) is 12.7. The second-order valence-corrected chi connectivity index (χ2v) is 8.04. The van der Waals surface area contributed by atoms with E-state index in [9.17, 15) is 18.0 Å². The Morgan fingerprint density at radius 1 is 1.09 bits per heavy atom. The van der Waals surface area contributed by atoms with Gasteiger partial charge in [0.15, 0.2) is 5.78 Å². The minimum atomic E-state index is -4.47. The van der Waals surface area contributed by atoms with Gasteiger partial charge in [-0.3, -0.25) is 9.20 Å². The molecule has 0 aliphatic carbocycles. The van der Waals surface area contributed by atoms with E-state index in [0.29, 0.717) is 16.9 Å². The topological polar surface area (TPSA) is 70.7 Å². The molecule has 0 amide bonds. The molecule has 0 N–H and O–H groups in total. The fourth-order valence-electron chi connectivity index (χ4n) is 3.75. The summed E-state index contributed by atoms with van der Waals surface area (Å²) >= 11 is 0. The number of rotatable bonds is 7. The average molecular weight is 472 g/mol. The lowest BCUT2D eigenvalue weighted by molar-refractivity contribution is -0.168. The van der Waals surface area contributed by atoms with E-state index in [2.05, 4.69) is 9.97 Å². The highest BCUT2D eigenvalue weighted by molar-refractivity contribution is 6.02. The zero-order valence-corrected chi connectivity index (χ0v) is 19.1. The van der Waals surface area contributed by atoms with Gasteiger partial charge in [-0.15, -0.1) is 0 Å². The molecule has 1 aromatic carbocycles. The van der Waals surface area contributed by atoms with Crippen molar-refractivity contribution in [3.8, 4) is 34.0 Å². The van der Waals surface area contributed by atoms with Crippen LogP contribution in [0.15, 0.2) is 49.2 Å². The molecule has 0 radical (unpaired) electrons. The zero-order valence-electron chi connectivity index (χ0n) is 19.1. The van der Waals surface area contributed by atoms with E-state index in [-0.39, 0.29) is 17.1 Å². The van der Waals surface area contributed by atoms with Crippen molar-refractivity contribution in [2.24, 2.45) is 13.0 Å². The number of ether oxygens (including phenoxy) is 2. The second-order valence-electron chi connectivity index (χ2n) is 8.04. The molecule has 0 aliphatic heterocycles. The summed E-state index contributed by atoms with van der Waals surface area (Å²) in [5.41, 5.74) is 3.70. The lowest BCUT2D eigenvalue weighted by Crippen LogP contribution is -2.23. The van der Waals surface area contributed by atoms with Crippen molar-refractivity contribution in [1.82, 2.24) is 18.9 Å². The fourth-order valence-corrected chi connectivity index (χ4v) is 3.75. The molecule has 3 heterocycles. The number of hydrogen-bond donors (Lipinski definition) is 0. The molecule has 0 saturated carbocycles. The number of Topliss-reactive ketones (excluding diaryl/α,β-unsaturated/α-hetero) is 1. The maximum Gasteiger partial charge on any atom is 0.391 e. The standard InChI is InChI=1S/C24H23F3N4O3/c1-14(24(25,26)27)7-19(32)23-20(33-3)8-16(9-21(23)34-4)18-11-28-22-10-15(5-6-31(18)22)17-12-30(2)13-29-17/h5-6,8-14H,7H2,1-4H3/t14-/m0/s1. The number of alkyl halides is 3. The number of halogens is 3. The first-order valence-electron chi connectivity index (χ1n) is 10.4. The van der Waals surface area contributed by atoms with Crippen molar-refractivity contribution in [2.75, 3.05) is 14.2 Å². The maximum atomic E-state index is 13.0. The second kappa shape index (κ2) is 8.85. The molecule has 34 heavy (non-hydrogen) atoms. The van der Waals surface area contributed by atoms with Gasteiger partial charge in [-0.1, -0.05) is 6.92 Å². The first-order chi connectivity index (χ1) is 16.1. The van der Waals surface area contributed by atoms with Crippen molar-refractivity contribution in [3.05, 3.63) is 54.7 Å². The number of carbonyl (C=O) groups is 1. The van der Waals surface area contributed by atoms with Gasteiger partial charge in [0.25, 0.3) is 0 Å².